The molecule has 0 saturated carbocycles. The van der Waals surface area contributed by atoms with Gasteiger partial charge in [0.2, 0.25) is 11.7 Å². The summed E-state index contributed by atoms with van der Waals surface area (Å²) in [6.07, 6.45) is 0. The number of nitrogens with zero attached hydrogens (tertiary/aromatic N) is 3. The van der Waals surface area contributed by atoms with Crippen LogP contribution in [0.4, 0.5) is 5.69 Å². The van der Waals surface area contributed by atoms with Crippen molar-refractivity contribution in [1.82, 2.24) is 10.1 Å². The van der Waals surface area contributed by atoms with E-state index in [9.17, 15) is 10.1 Å². The Morgan fingerprint density at radius 3 is 2.59 bits per heavy atom. The van der Waals surface area contributed by atoms with Gasteiger partial charge in [0.15, 0.2) is 0 Å². The number of rotatable bonds is 4. The highest BCUT2D eigenvalue weighted by molar-refractivity contribution is 5.83. The molecule has 1 unspecified atom stereocenters. The first-order valence-electron chi connectivity index (χ1n) is 8.60. The summed E-state index contributed by atoms with van der Waals surface area (Å²) in [6.45, 7) is 3.86. The van der Waals surface area contributed by atoms with Gasteiger partial charge in [-0.3, -0.25) is 10.1 Å². The Hall–Kier alpha value is -3.54. The number of aryl methyl sites for hydroxylation is 1. The molecule has 0 bridgehead atoms. The predicted molar refractivity (Wildman–Crippen MR) is 103 cm³/mol. The molecule has 0 amide bonds. The number of nitro groups is 1. The van der Waals surface area contributed by atoms with Gasteiger partial charge in [0.05, 0.1) is 10.8 Å². The zero-order valence-electron chi connectivity index (χ0n) is 14.9. The molecule has 134 valence electrons. The molecule has 4 rings (SSSR count). The van der Waals surface area contributed by atoms with Gasteiger partial charge in [-0.2, -0.15) is 4.98 Å². The fourth-order valence-electron chi connectivity index (χ4n) is 3.10. The Balaban J connectivity index is 1.69. The Bertz CT molecular complexity index is 1150. The van der Waals surface area contributed by atoms with Crippen molar-refractivity contribution in [3.63, 3.8) is 0 Å². The summed E-state index contributed by atoms with van der Waals surface area (Å²) in [7, 11) is 0. The minimum atomic E-state index is -0.429. The van der Waals surface area contributed by atoms with Crippen LogP contribution in [0.15, 0.2) is 65.2 Å². The second-order valence-electron chi connectivity index (χ2n) is 6.54. The van der Waals surface area contributed by atoms with Crippen molar-refractivity contribution in [2.24, 2.45) is 0 Å². The van der Waals surface area contributed by atoms with Gasteiger partial charge in [0, 0.05) is 17.7 Å². The summed E-state index contributed by atoms with van der Waals surface area (Å²) in [5.74, 6) is 0.750. The van der Waals surface area contributed by atoms with Gasteiger partial charge in [0.25, 0.3) is 5.69 Å². The normalized spacial score (nSPS) is 12.2. The monoisotopic (exact) mass is 359 g/mol. The van der Waals surface area contributed by atoms with E-state index >= 15 is 0 Å². The molecule has 4 aromatic rings. The van der Waals surface area contributed by atoms with E-state index in [2.05, 4.69) is 40.5 Å². The fourth-order valence-corrected chi connectivity index (χ4v) is 3.10. The lowest BCUT2D eigenvalue weighted by atomic mass is 9.98. The lowest BCUT2D eigenvalue weighted by Gasteiger charge is -2.08. The molecule has 6 nitrogen and oxygen atoms in total. The lowest BCUT2D eigenvalue weighted by Crippen LogP contribution is -1.97. The van der Waals surface area contributed by atoms with Gasteiger partial charge in [-0.1, -0.05) is 53.7 Å². The van der Waals surface area contributed by atoms with Crippen molar-refractivity contribution < 1.29 is 9.45 Å². The average molecular weight is 359 g/mol. The summed E-state index contributed by atoms with van der Waals surface area (Å²) < 4.78 is 5.47. The van der Waals surface area contributed by atoms with Crippen LogP contribution in [0, 0.1) is 17.0 Å². The van der Waals surface area contributed by atoms with E-state index in [-0.39, 0.29) is 11.6 Å². The molecular formula is C21H17N3O3. The van der Waals surface area contributed by atoms with Crippen molar-refractivity contribution in [2.75, 3.05) is 0 Å². The summed E-state index contributed by atoms with van der Waals surface area (Å²) in [5, 5.41) is 17.4. The number of benzene rings is 3. The van der Waals surface area contributed by atoms with Crippen LogP contribution in [0.3, 0.4) is 0 Å². The van der Waals surface area contributed by atoms with Crippen LogP contribution in [0.2, 0.25) is 0 Å². The maximum Gasteiger partial charge on any atom is 0.270 e. The van der Waals surface area contributed by atoms with E-state index < -0.39 is 4.92 Å². The number of nitro benzene ring substituents is 1. The highest BCUT2D eigenvalue weighted by atomic mass is 16.6. The zero-order valence-corrected chi connectivity index (χ0v) is 14.9. The molecule has 0 aliphatic carbocycles. The summed E-state index contributed by atoms with van der Waals surface area (Å²) in [4.78, 5) is 15.1. The lowest BCUT2D eigenvalue weighted by molar-refractivity contribution is -0.384. The molecule has 6 heteroatoms. The molecule has 1 aromatic heterocycles. The van der Waals surface area contributed by atoms with Gasteiger partial charge in [-0.15, -0.1) is 0 Å². The van der Waals surface area contributed by atoms with Crippen molar-refractivity contribution in [3.05, 3.63) is 87.8 Å². The second-order valence-corrected chi connectivity index (χ2v) is 6.54. The molecule has 3 aromatic carbocycles. The van der Waals surface area contributed by atoms with Crippen LogP contribution in [-0.4, -0.2) is 15.1 Å². The Morgan fingerprint density at radius 2 is 1.81 bits per heavy atom. The molecule has 27 heavy (non-hydrogen) atoms. The molecule has 0 saturated heterocycles. The predicted octanol–water partition coefficient (Wildman–Crippen LogP) is 5.26. The minimum Gasteiger partial charge on any atom is -0.338 e. The molecule has 1 heterocycles. The second kappa shape index (κ2) is 6.64. The first-order chi connectivity index (χ1) is 13.0. The molecule has 0 aliphatic rings. The van der Waals surface area contributed by atoms with E-state index in [1.807, 2.05) is 26.0 Å². The van der Waals surface area contributed by atoms with Gasteiger partial charge >= 0.3 is 0 Å². The van der Waals surface area contributed by atoms with Crippen molar-refractivity contribution in [3.8, 4) is 11.4 Å². The fraction of sp³-hybridized carbons (Fsp3) is 0.143. The first kappa shape index (κ1) is 16.9. The van der Waals surface area contributed by atoms with E-state index in [0.717, 1.165) is 16.5 Å². The molecule has 0 fully saturated rings. The number of aromatic nitrogens is 2. The van der Waals surface area contributed by atoms with E-state index in [0.29, 0.717) is 17.3 Å². The van der Waals surface area contributed by atoms with Gasteiger partial charge in [0.1, 0.15) is 0 Å². The Morgan fingerprint density at radius 1 is 1.04 bits per heavy atom. The topological polar surface area (TPSA) is 82.1 Å². The Labute approximate surface area is 155 Å². The third-order valence-corrected chi connectivity index (χ3v) is 4.76. The standard InChI is InChI=1S/C21H17N3O3/c1-13-7-10-18(24(25)26)12-19(13)20-22-21(27-23-20)14(2)16-9-8-15-5-3-4-6-17(15)11-16/h3-12,14H,1-2H3. The third-order valence-electron chi connectivity index (χ3n) is 4.76. The maximum atomic E-state index is 11.0. The number of hydrogen-bond acceptors (Lipinski definition) is 5. The van der Waals surface area contributed by atoms with Crippen LogP contribution < -0.4 is 0 Å². The molecule has 0 aliphatic heterocycles. The quantitative estimate of drug-likeness (QED) is 0.367. The number of non-ortho nitro benzene ring substituents is 1. The molecule has 1 atom stereocenters. The molecule has 0 spiro atoms. The number of fused-ring (bicyclic) bond motifs is 1. The number of hydrogen-bond donors (Lipinski definition) is 0. The van der Waals surface area contributed by atoms with Gasteiger partial charge in [-0.05, 0) is 35.7 Å². The minimum absolute atomic E-state index is 0.00419. The average Bonchev–Trinajstić information content (AvgIpc) is 3.17. The summed E-state index contributed by atoms with van der Waals surface area (Å²) in [6, 6.07) is 19.0. The maximum absolute atomic E-state index is 11.0. The highest BCUT2D eigenvalue weighted by Crippen LogP contribution is 2.30. The van der Waals surface area contributed by atoms with Crippen LogP contribution in [0.1, 0.15) is 29.9 Å². The van der Waals surface area contributed by atoms with E-state index in [1.54, 1.807) is 6.07 Å². The van der Waals surface area contributed by atoms with Gasteiger partial charge < -0.3 is 4.52 Å². The van der Waals surface area contributed by atoms with Crippen molar-refractivity contribution >= 4 is 16.5 Å². The van der Waals surface area contributed by atoms with Crippen LogP contribution in [-0.2, 0) is 0 Å². The van der Waals surface area contributed by atoms with Crippen molar-refractivity contribution in [1.29, 1.82) is 0 Å². The van der Waals surface area contributed by atoms with E-state index in [4.69, 9.17) is 4.52 Å². The zero-order chi connectivity index (χ0) is 19.0. The van der Waals surface area contributed by atoms with Crippen LogP contribution in [0.5, 0.6) is 0 Å². The van der Waals surface area contributed by atoms with Crippen LogP contribution in [0.25, 0.3) is 22.2 Å². The first-order valence-corrected chi connectivity index (χ1v) is 8.60. The smallest absolute Gasteiger partial charge is 0.270 e. The molecule has 0 radical (unpaired) electrons. The largest absolute Gasteiger partial charge is 0.338 e. The molecule has 0 N–H and O–H groups in total. The SMILES string of the molecule is Cc1ccc([N+](=O)[O-])cc1-c1noc(C(C)c2ccc3ccccc3c2)n1. The summed E-state index contributed by atoms with van der Waals surface area (Å²) >= 11 is 0. The van der Waals surface area contributed by atoms with Crippen LogP contribution >= 0.6 is 0 Å². The molecular weight excluding hydrogens is 342 g/mol. The van der Waals surface area contributed by atoms with Crippen molar-refractivity contribution in [2.45, 2.75) is 19.8 Å². The third kappa shape index (κ3) is 3.17. The Kier molecular flexibility index (Phi) is 4.16. The van der Waals surface area contributed by atoms with Gasteiger partial charge in [-0.25, -0.2) is 0 Å². The summed E-state index contributed by atoms with van der Waals surface area (Å²) in [5.41, 5.74) is 2.53. The highest BCUT2D eigenvalue weighted by Gasteiger charge is 2.20. The van der Waals surface area contributed by atoms with E-state index in [1.165, 1.54) is 17.5 Å².